The fraction of sp³-hybridized carbons (Fsp3) is 0.300. The van der Waals surface area contributed by atoms with E-state index >= 15 is 0 Å². The fourth-order valence-corrected chi connectivity index (χ4v) is 3.59. The topological polar surface area (TPSA) is 105 Å². The first kappa shape index (κ1) is 23.7. The van der Waals surface area contributed by atoms with E-state index in [4.69, 9.17) is 4.74 Å². The van der Waals surface area contributed by atoms with Crippen molar-refractivity contribution >= 4 is 26.9 Å². The second-order valence-electron chi connectivity index (χ2n) is 7.01. The Morgan fingerprint density at radius 3 is 2.53 bits per heavy atom. The summed E-state index contributed by atoms with van der Waals surface area (Å²) in [5, 5.41) is 0.227. The molecule has 0 aliphatic heterocycles. The number of halogens is 3. The zero-order chi connectivity index (χ0) is 23.4. The van der Waals surface area contributed by atoms with Crippen LogP contribution in [0.15, 0.2) is 42.5 Å². The van der Waals surface area contributed by atoms with E-state index in [0.29, 0.717) is 12.2 Å². The molecule has 0 aliphatic rings. The van der Waals surface area contributed by atoms with Gasteiger partial charge in [0.25, 0.3) is 10.2 Å². The Kier molecular flexibility index (Phi) is 7.16. The van der Waals surface area contributed by atoms with E-state index in [1.807, 2.05) is 36.9 Å². The van der Waals surface area contributed by atoms with Gasteiger partial charge in [0.15, 0.2) is 5.82 Å². The van der Waals surface area contributed by atoms with Gasteiger partial charge < -0.3 is 4.74 Å². The number of anilines is 1. The number of rotatable bonds is 9. The van der Waals surface area contributed by atoms with Crippen LogP contribution in [0.25, 0.3) is 10.9 Å². The van der Waals surface area contributed by atoms with Gasteiger partial charge >= 0.3 is 6.18 Å². The maximum Gasteiger partial charge on any atom is 0.451 e. The number of hydrogen-bond donors (Lipinski definition) is 3. The van der Waals surface area contributed by atoms with Gasteiger partial charge in [0.05, 0.1) is 12.1 Å². The second-order valence-corrected chi connectivity index (χ2v) is 8.51. The summed E-state index contributed by atoms with van der Waals surface area (Å²) in [6.07, 6.45) is -4.41. The van der Waals surface area contributed by atoms with Crippen molar-refractivity contribution in [3.63, 3.8) is 0 Å². The SMILES string of the molecule is Cc1ccc(OCCCNS(=O)(=O)NNc2nc(C(F)(F)F)nc3ccccc23)c(C)c1. The van der Waals surface area contributed by atoms with Crippen molar-refractivity contribution in [2.24, 2.45) is 0 Å². The minimum Gasteiger partial charge on any atom is -0.493 e. The van der Waals surface area contributed by atoms with Crippen molar-refractivity contribution < 1.29 is 26.3 Å². The van der Waals surface area contributed by atoms with E-state index in [1.54, 1.807) is 6.07 Å². The molecule has 0 amide bonds. The largest absolute Gasteiger partial charge is 0.493 e. The average Bonchev–Trinajstić information content (AvgIpc) is 2.72. The number of benzene rings is 2. The molecule has 0 saturated carbocycles. The Bertz CT molecular complexity index is 1200. The lowest BCUT2D eigenvalue weighted by Gasteiger charge is -2.14. The molecule has 32 heavy (non-hydrogen) atoms. The van der Waals surface area contributed by atoms with Crippen molar-refractivity contribution in [2.45, 2.75) is 26.4 Å². The third-order valence-corrected chi connectivity index (χ3v) is 5.32. The van der Waals surface area contributed by atoms with Crippen molar-refractivity contribution in [3.05, 3.63) is 59.4 Å². The van der Waals surface area contributed by atoms with Crippen LogP contribution in [-0.4, -0.2) is 31.5 Å². The number of nitrogens with zero attached hydrogens (tertiary/aromatic N) is 2. The van der Waals surface area contributed by atoms with E-state index in [9.17, 15) is 21.6 Å². The first-order chi connectivity index (χ1) is 15.0. The highest BCUT2D eigenvalue weighted by Gasteiger charge is 2.35. The molecule has 3 N–H and O–H groups in total. The zero-order valence-electron chi connectivity index (χ0n) is 17.3. The predicted molar refractivity (Wildman–Crippen MR) is 114 cm³/mol. The van der Waals surface area contributed by atoms with Gasteiger partial charge in [0, 0.05) is 11.9 Å². The van der Waals surface area contributed by atoms with E-state index in [2.05, 4.69) is 20.1 Å². The number of fused-ring (bicyclic) bond motifs is 1. The number of nitrogens with one attached hydrogen (secondary N) is 3. The summed E-state index contributed by atoms with van der Waals surface area (Å²) in [7, 11) is -4.06. The quantitative estimate of drug-likeness (QED) is 0.327. The smallest absolute Gasteiger partial charge is 0.451 e. The molecule has 0 saturated heterocycles. The van der Waals surface area contributed by atoms with Gasteiger partial charge in [0.1, 0.15) is 5.75 Å². The second kappa shape index (κ2) is 9.67. The lowest BCUT2D eigenvalue weighted by Crippen LogP contribution is -2.40. The molecular weight excluding hydrogens is 447 g/mol. The summed E-state index contributed by atoms with van der Waals surface area (Å²) in [6.45, 7) is 4.23. The monoisotopic (exact) mass is 469 g/mol. The lowest BCUT2D eigenvalue weighted by atomic mass is 10.1. The summed E-state index contributed by atoms with van der Waals surface area (Å²) in [5.41, 5.74) is 4.35. The molecule has 0 radical (unpaired) electrons. The molecule has 12 heteroatoms. The zero-order valence-corrected chi connectivity index (χ0v) is 18.1. The van der Waals surface area contributed by atoms with E-state index in [1.165, 1.54) is 18.2 Å². The molecule has 2 aromatic carbocycles. The van der Waals surface area contributed by atoms with Crippen molar-refractivity contribution in [1.29, 1.82) is 0 Å². The molecule has 0 spiro atoms. The molecule has 3 rings (SSSR count). The molecule has 172 valence electrons. The third kappa shape index (κ3) is 6.28. The van der Waals surface area contributed by atoms with Gasteiger partial charge in [-0.25, -0.2) is 14.7 Å². The van der Waals surface area contributed by atoms with Gasteiger partial charge in [-0.1, -0.05) is 29.8 Å². The van der Waals surface area contributed by atoms with Crippen LogP contribution in [0.3, 0.4) is 0 Å². The normalized spacial score (nSPS) is 12.2. The fourth-order valence-electron chi connectivity index (χ4n) is 2.87. The van der Waals surface area contributed by atoms with Crippen LogP contribution in [0, 0.1) is 13.8 Å². The number of hydrogen-bond acceptors (Lipinski definition) is 6. The van der Waals surface area contributed by atoms with Crippen molar-refractivity contribution in [3.8, 4) is 5.75 Å². The Labute approximate surface area is 183 Å². The van der Waals surface area contributed by atoms with Crippen molar-refractivity contribution in [2.75, 3.05) is 18.6 Å². The number of hydrazine groups is 1. The van der Waals surface area contributed by atoms with Crippen LogP contribution in [0.4, 0.5) is 19.0 Å². The number of aromatic nitrogens is 2. The summed E-state index contributed by atoms with van der Waals surface area (Å²) >= 11 is 0. The Morgan fingerprint density at radius 2 is 1.81 bits per heavy atom. The summed E-state index contributed by atoms with van der Waals surface area (Å²) in [6, 6.07) is 11.7. The standard InChI is InChI=1S/C20H22F3N5O3S/c1-13-8-9-17(14(2)12-13)31-11-5-10-24-32(29,30)28-27-18-15-6-3-4-7-16(15)25-19(26-18)20(21,22)23/h3-4,6-9,12,24,28H,5,10-11H2,1-2H3,(H,25,26,27). The van der Waals surface area contributed by atoms with Gasteiger partial charge in [-0.05, 0) is 44.0 Å². The molecular formula is C20H22F3N5O3S. The van der Waals surface area contributed by atoms with Crippen LogP contribution in [0.2, 0.25) is 0 Å². The lowest BCUT2D eigenvalue weighted by molar-refractivity contribution is -0.144. The highest BCUT2D eigenvalue weighted by molar-refractivity contribution is 7.87. The van der Waals surface area contributed by atoms with E-state index in [0.717, 1.165) is 11.1 Å². The van der Waals surface area contributed by atoms with Crippen LogP contribution in [-0.2, 0) is 16.4 Å². The molecule has 0 bridgehead atoms. The van der Waals surface area contributed by atoms with Crippen LogP contribution >= 0.6 is 0 Å². The van der Waals surface area contributed by atoms with Crippen LogP contribution < -0.4 is 19.7 Å². The number of para-hydroxylation sites is 1. The van der Waals surface area contributed by atoms with Gasteiger partial charge in [0.2, 0.25) is 5.82 Å². The van der Waals surface area contributed by atoms with Gasteiger partial charge in [-0.3, -0.25) is 5.43 Å². The van der Waals surface area contributed by atoms with Gasteiger partial charge in [-0.2, -0.15) is 21.6 Å². The number of alkyl halides is 3. The number of aryl methyl sites for hydroxylation is 2. The van der Waals surface area contributed by atoms with E-state index < -0.39 is 22.2 Å². The Hall–Kier alpha value is -2.96. The minimum absolute atomic E-state index is 0.0213. The average molecular weight is 469 g/mol. The molecule has 0 unspecified atom stereocenters. The summed E-state index contributed by atoms with van der Waals surface area (Å²) in [5.74, 6) is -0.977. The molecule has 0 atom stereocenters. The molecule has 1 aromatic heterocycles. The summed E-state index contributed by atoms with van der Waals surface area (Å²) in [4.78, 5) is 8.87. The molecule has 1 heterocycles. The van der Waals surface area contributed by atoms with Crippen molar-refractivity contribution in [1.82, 2.24) is 19.5 Å². The Morgan fingerprint density at radius 1 is 1.06 bits per heavy atom. The molecule has 8 nitrogen and oxygen atoms in total. The molecule has 0 fully saturated rings. The highest BCUT2D eigenvalue weighted by Crippen LogP contribution is 2.30. The minimum atomic E-state index is -4.78. The molecule has 0 aliphatic carbocycles. The van der Waals surface area contributed by atoms with Crippen LogP contribution in [0.1, 0.15) is 23.4 Å². The first-order valence-corrected chi connectivity index (χ1v) is 11.1. The Balaban J connectivity index is 1.56. The maximum atomic E-state index is 13.1. The van der Waals surface area contributed by atoms with E-state index in [-0.39, 0.29) is 29.9 Å². The summed E-state index contributed by atoms with van der Waals surface area (Å²) < 4.78 is 71.4. The first-order valence-electron chi connectivity index (χ1n) is 9.61. The highest BCUT2D eigenvalue weighted by atomic mass is 32.2. The number of ether oxygens (including phenoxy) is 1. The van der Waals surface area contributed by atoms with Gasteiger partial charge in [-0.15, -0.1) is 4.83 Å². The van der Waals surface area contributed by atoms with Crippen LogP contribution in [0.5, 0.6) is 5.75 Å². The molecule has 3 aromatic rings. The maximum absolute atomic E-state index is 13.1. The predicted octanol–water partition coefficient (Wildman–Crippen LogP) is 3.49. The third-order valence-electron chi connectivity index (χ3n) is 4.36.